The van der Waals surface area contributed by atoms with E-state index in [1.54, 1.807) is 36.4 Å². The molecule has 4 nitrogen and oxygen atoms in total. The monoisotopic (exact) mass is 450 g/mol. The number of amides is 1. The van der Waals surface area contributed by atoms with Crippen LogP contribution in [0.2, 0.25) is 0 Å². The number of hydrogen-bond donors (Lipinski definition) is 1. The van der Waals surface area contributed by atoms with E-state index in [0.29, 0.717) is 17.4 Å². The van der Waals surface area contributed by atoms with Crippen molar-refractivity contribution in [3.8, 4) is 5.75 Å². The molecule has 1 aliphatic heterocycles. The first kappa shape index (κ1) is 24.4. The smallest absolute Gasteiger partial charge is 0.410 e. The molecule has 1 heterocycles. The Morgan fingerprint density at radius 2 is 1.69 bits per heavy atom. The maximum atomic E-state index is 14.3. The van der Waals surface area contributed by atoms with Gasteiger partial charge in [0, 0.05) is 18.5 Å². The molecule has 1 aliphatic rings. The van der Waals surface area contributed by atoms with Crippen LogP contribution in [-0.4, -0.2) is 30.2 Å². The molecule has 3 rings (SSSR count). The van der Waals surface area contributed by atoms with E-state index in [4.69, 9.17) is 4.74 Å². The standard InChI is InChI=1S/C25H33F3N2O2/c1-2-3-4-5-6-7-8-11-18-32-21-15-14-19-12-9-10-13-20(19)23(21)24(25(26,27)28)30-17-16-22(31)29-30/h9-10,12-15,24H,2-8,11,16-18H2,1H3,(H,29,31)/t24-/m0/s1. The molecule has 0 aliphatic carbocycles. The van der Waals surface area contributed by atoms with Crippen LogP contribution in [0, 0.1) is 0 Å². The normalized spacial score (nSPS) is 15.8. The minimum Gasteiger partial charge on any atom is -0.493 e. The van der Waals surface area contributed by atoms with Crippen molar-refractivity contribution in [2.45, 2.75) is 76.9 Å². The van der Waals surface area contributed by atoms with Gasteiger partial charge in [0.15, 0.2) is 6.04 Å². The van der Waals surface area contributed by atoms with Gasteiger partial charge in [-0.15, -0.1) is 0 Å². The second-order valence-corrected chi connectivity index (χ2v) is 8.44. The van der Waals surface area contributed by atoms with Gasteiger partial charge in [0.05, 0.1) is 6.61 Å². The number of benzene rings is 2. The minimum atomic E-state index is -4.57. The van der Waals surface area contributed by atoms with Gasteiger partial charge in [0.2, 0.25) is 5.91 Å². The van der Waals surface area contributed by atoms with Crippen molar-refractivity contribution in [1.29, 1.82) is 0 Å². The van der Waals surface area contributed by atoms with E-state index in [-0.39, 0.29) is 24.3 Å². The molecule has 1 amide bonds. The summed E-state index contributed by atoms with van der Waals surface area (Å²) in [4.78, 5) is 11.7. The van der Waals surface area contributed by atoms with Crippen LogP contribution in [0.15, 0.2) is 36.4 Å². The van der Waals surface area contributed by atoms with E-state index in [2.05, 4.69) is 12.3 Å². The van der Waals surface area contributed by atoms with Crippen molar-refractivity contribution in [3.63, 3.8) is 0 Å². The molecular formula is C25H33F3N2O2. The number of alkyl halides is 3. The van der Waals surface area contributed by atoms with Gasteiger partial charge in [-0.3, -0.25) is 10.2 Å². The minimum absolute atomic E-state index is 0.00367. The Morgan fingerprint density at radius 1 is 1.00 bits per heavy atom. The van der Waals surface area contributed by atoms with Crippen molar-refractivity contribution in [2.75, 3.05) is 13.2 Å². The van der Waals surface area contributed by atoms with Gasteiger partial charge in [0.1, 0.15) is 5.75 Å². The number of nitrogens with zero attached hydrogens (tertiary/aromatic N) is 1. The molecular weight excluding hydrogens is 417 g/mol. The van der Waals surface area contributed by atoms with Gasteiger partial charge in [0.25, 0.3) is 0 Å². The number of hydrogen-bond acceptors (Lipinski definition) is 3. The summed E-state index contributed by atoms with van der Waals surface area (Å²) in [7, 11) is 0. The van der Waals surface area contributed by atoms with Crippen LogP contribution in [0.5, 0.6) is 5.75 Å². The molecule has 0 spiro atoms. The van der Waals surface area contributed by atoms with E-state index in [1.807, 2.05) is 0 Å². The van der Waals surface area contributed by atoms with Gasteiger partial charge in [-0.2, -0.15) is 13.2 Å². The van der Waals surface area contributed by atoms with Crippen LogP contribution >= 0.6 is 0 Å². The topological polar surface area (TPSA) is 41.6 Å². The summed E-state index contributed by atoms with van der Waals surface area (Å²) in [6.45, 7) is 2.57. The Bertz CT molecular complexity index is 885. The number of fused-ring (bicyclic) bond motifs is 1. The van der Waals surface area contributed by atoms with Crippen LogP contribution in [-0.2, 0) is 4.79 Å². The van der Waals surface area contributed by atoms with Crippen molar-refractivity contribution >= 4 is 16.7 Å². The highest BCUT2D eigenvalue weighted by molar-refractivity contribution is 5.88. The summed E-state index contributed by atoms with van der Waals surface area (Å²) in [5.41, 5.74) is 2.44. The largest absolute Gasteiger partial charge is 0.493 e. The highest BCUT2D eigenvalue weighted by Crippen LogP contribution is 2.45. The summed E-state index contributed by atoms with van der Waals surface area (Å²) >= 11 is 0. The Kier molecular flexibility index (Phi) is 8.79. The Labute approximate surface area is 188 Å². The molecule has 0 saturated carbocycles. The van der Waals surface area contributed by atoms with E-state index in [1.165, 1.54) is 32.1 Å². The lowest BCUT2D eigenvalue weighted by Gasteiger charge is -2.31. The zero-order valence-corrected chi connectivity index (χ0v) is 18.7. The second-order valence-electron chi connectivity index (χ2n) is 8.44. The molecule has 1 N–H and O–H groups in total. The lowest BCUT2D eigenvalue weighted by molar-refractivity contribution is -0.191. The third-order valence-corrected chi connectivity index (χ3v) is 5.93. The molecule has 1 saturated heterocycles. The number of ether oxygens (including phenoxy) is 1. The number of rotatable bonds is 12. The summed E-state index contributed by atoms with van der Waals surface area (Å²) in [5, 5.41) is 2.19. The summed E-state index contributed by atoms with van der Waals surface area (Å²) in [6.07, 6.45) is 4.57. The summed E-state index contributed by atoms with van der Waals surface area (Å²) in [6, 6.07) is 8.45. The zero-order valence-electron chi connectivity index (χ0n) is 18.7. The van der Waals surface area contributed by atoms with Gasteiger partial charge < -0.3 is 4.74 Å². The Balaban J connectivity index is 1.75. The van der Waals surface area contributed by atoms with Crippen molar-refractivity contribution in [1.82, 2.24) is 10.4 Å². The third kappa shape index (κ3) is 6.37. The molecule has 32 heavy (non-hydrogen) atoms. The molecule has 0 unspecified atom stereocenters. The first-order chi connectivity index (χ1) is 15.4. The number of hydrazine groups is 1. The lowest BCUT2D eigenvalue weighted by atomic mass is 9.96. The average Bonchev–Trinajstić information content (AvgIpc) is 3.18. The molecule has 0 radical (unpaired) electrons. The van der Waals surface area contributed by atoms with Gasteiger partial charge in [-0.05, 0) is 23.3 Å². The Morgan fingerprint density at radius 3 is 2.34 bits per heavy atom. The van der Waals surface area contributed by atoms with E-state index in [9.17, 15) is 18.0 Å². The summed E-state index contributed by atoms with van der Waals surface area (Å²) in [5.74, 6) is -0.170. The molecule has 0 aromatic heterocycles. The molecule has 2 aromatic carbocycles. The maximum absolute atomic E-state index is 14.3. The SMILES string of the molecule is CCCCCCCCCCOc1ccc2ccccc2c1[C@H](N1CCC(=O)N1)C(F)(F)F. The van der Waals surface area contributed by atoms with Gasteiger partial charge in [-0.1, -0.05) is 82.2 Å². The fraction of sp³-hybridized carbons (Fsp3) is 0.560. The number of nitrogens with one attached hydrogen (secondary N) is 1. The highest BCUT2D eigenvalue weighted by Gasteiger charge is 2.48. The van der Waals surface area contributed by atoms with Crippen LogP contribution in [0.1, 0.15) is 76.3 Å². The third-order valence-electron chi connectivity index (χ3n) is 5.93. The maximum Gasteiger partial charge on any atom is 0.410 e. The lowest BCUT2D eigenvalue weighted by Crippen LogP contribution is -2.43. The number of unbranched alkanes of at least 4 members (excludes halogenated alkanes) is 7. The average molecular weight is 451 g/mol. The number of carbonyl (C=O) groups excluding carboxylic acids is 1. The van der Waals surface area contributed by atoms with Crippen LogP contribution < -0.4 is 10.2 Å². The van der Waals surface area contributed by atoms with E-state index in [0.717, 1.165) is 24.3 Å². The Hall–Kier alpha value is -2.28. The molecule has 1 fully saturated rings. The van der Waals surface area contributed by atoms with Crippen LogP contribution in [0.4, 0.5) is 13.2 Å². The molecule has 176 valence electrons. The molecule has 2 aromatic rings. The van der Waals surface area contributed by atoms with E-state index >= 15 is 0 Å². The predicted molar refractivity (Wildman–Crippen MR) is 120 cm³/mol. The molecule has 0 bridgehead atoms. The predicted octanol–water partition coefficient (Wildman–Crippen LogP) is 6.70. The van der Waals surface area contributed by atoms with Crippen LogP contribution in [0.25, 0.3) is 10.8 Å². The van der Waals surface area contributed by atoms with Crippen molar-refractivity contribution < 1.29 is 22.7 Å². The number of carbonyl (C=O) groups is 1. The fourth-order valence-corrected chi connectivity index (χ4v) is 4.29. The van der Waals surface area contributed by atoms with E-state index < -0.39 is 18.1 Å². The second kappa shape index (κ2) is 11.5. The van der Waals surface area contributed by atoms with Gasteiger partial charge >= 0.3 is 6.18 Å². The first-order valence-electron chi connectivity index (χ1n) is 11.7. The van der Waals surface area contributed by atoms with Crippen molar-refractivity contribution in [2.24, 2.45) is 0 Å². The molecule has 1 atom stereocenters. The van der Waals surface area contributed by atoms with Crippen molar-refractivity contribution in [3.05, 3.63) is 42.0 Å². The zero-order chi connectivity index (χ0) is 23.0. The van der Waals surface area contributed by atoms with Gasteiger partial charge in [-0.25, -0.2) is 5.01 Å². The first-order valence-corrected chi connectivity index (χ1v) is 11.7. The van der Waals surface area contributed by atoms with Crippen LogP contribution in [0.3, 0.4) is 0 Å². The molecule has 7 heteroatoms. The fourth-order valence-electron chi connectivity index (χ4n) is 4.29. The quantitative estimate of drug-likeness (QED) is 0.366. The summed E-state index contributed by atoms with van der Waals surface area (Å²) < 4.78 is 48.7. The number of halogens is 3. The highest BCUT2D eigenvalue weighted by atomic mass is 19.4.